The van der Waals surface area contributed by atoms with Crippen LogP contribution in [0.25, 0.3) is 0 Å². The van der Waals surface area contributed by atoms with Crippen LogP contribution in [0.15, 0.2) is 18.2 Å². The molecular weight excluding hydrogens is 288 g/mol. The Morgan fingerprint density at radius 1 is 1.38 bits per heavy atom. The third kappa shape index (κ3) is 3.01. The molecule has 2 amide bonds. The fraction of sp³-hybridized carbons (Fsp3) is 0.562. The van der Waals surface area contributed by atoms with Crippen molar-refractivity contribution in [2.45, 2.75) is 57.3 Å². The number of fused-ring (bicyclic) bond motifs is 2. The number of aliphatic hydroxyl groups is 1. The number of carbonyl (C=O) groups excluding carboxylic acids is 1. The summed E-state index contributed by atoms with van der Waals surface area (Å²) in [4.78, 5) is 14.4. The number of aryl methyl sites for hydroxylation is 1. The first-order valence-corrected chi connectivity index (χ1v) is 7.91. The Labute approximate surface area is 130 Å². The van der Waals surface area contributed by atoms with Crippen molar-refractivity contribution in [1.29, 1.82) is 0 Å². The van der Waals surface area contributed by atoms with Crippen molar-refractivity contribution in [3.63, 3.8) is 0 Å². The van der Waals surface area contributed by atoms with Gasteiger partial charge in [-0.1, -0.05) is 17.7 Å². The van der Waals surface area contributed by atoms with Gasteiger partial charge in [0.1, 0.15) is 0 Å². The zero-order valence-electron chi connectivity index (χ0n) is 12.2. The molecule has 1 aromatic carbocycles. The Morgan fingerprint density at radius 2 is 2.05 bits per heavy atom. The van der Waals surface area contributed by atoms with Crippen LogP contribution in [0, 0.1) is 6.92 Å². The van der Waals surface area contributed by atoms with Gasteiger partial charge in [0.2, 0.25) is 0 Å². The molecule has 21 heavy (non-hydrogen) atoms. The minimum absolute atomic E-state index is 0.0197. The number of halogens is 1. The van der Waals surface area contributed by atoms with Gasteiger partial charge in [-0.3, -0.25) is 0 Å². The number of urea groups is 1. The first-order chi connectivity index (χ1) is 10.0. The van der Waals surface area contributed by atoms with Gasteiger partial charge in [-0.2, -0.15) is 0 Å². The average Bonchev–Trinajstić information content (AvgIpc) is 2.72. The van der Waals surface area contributed by atoms with E-state index in [4.69, 9.17) is 11.6 Å². The second kappa shape index (κ2) is 5.85. The average molecular weight is 309 g/mol. The number of carbonyl (C=O) groups is 1. The number of aliphatic hydroxyl groups excluding tert-OH is 1. The molecule has 3 rings (SSSR count). The second-order valence-electron chi connectivity index (χ2n) is 6.15. The predicted octanol–water partition coefficient (Wildman–Crippen LogP) is 2.85. The van der Waals surface area contributed by atoms with E-state index in [0.717, 1.165) is 24.0 Å². The Kier molecular flexibility index (Phi) is 4.09. The summed E-state index contributed by atoms with van der Waals surface area (Å²) in [5.41, 5.74) is 2.16. The number of amides is 2. The molecule has 2 aliphatic rings. The minimum atomic E-state index is -0.248. The van der Waals surface area contributed by atoms with Gasteiger partial charge < -0.3 is 15.3 Å². The lowest BCUT2D eigenvalue weighted by Crippen LogP contribution is -2.51. The molecular formula is C16H21ClN2O2. The molecule has 4 nitrogen and oxygen atoms in total. The van der Waals surface area contributed by atoms with Gasteiger partial charge in [0.05, 0.1) is 6.10 Å². The molecule has 2 aliphatic heterocycles. The zero-order chi connectivity index (χ0) is 15.0. The van der Waals surface area contributed by atoms with E-state index in [2.05, 4.69) is 5.32 Å². The summed E-state index contributed by atoms with van der Waals surface area (Å²) in [7, 11) is 0. The van der Waals surface area contributed by atoms with E-state index >= 15 is 0 Å². The maximum absolute atomic E-state index is 12.4. The highest BCUT2D eigenvalue weighted by Gasteiger charge is 2.42. The predicted molar refractivity (Wildman–Crippen MR) is 82.3 cm³/mol. The van der Waals surface area contributed by atoms with Crippen LogP contribution >= 0.6 is 11.6 Å². The number of piperidine rings is 1. The second-order valence-corrected chi connectivity index (χ2v) is 6.58. The third-order valence-corrected chi connectivity index (χ3v) is 4.92. The van der Waals surface area contributed by atoms with Crippen LogP contribution < -0.4 is 5.32 Å². The van der Waals surface area contributed by atoms with Crippen molar-refractivity contribution in [3.05, 3.63) is 34.3 Å². The van der Waals surface area contributed by atoms with Crippen LogP contribution in [0.2, 0.25) is 5.02 Å². The SMILES string of the molecule is Cc1ccc(Cl)cc1CNC(=O)N1C2CCC1CC(O)C2. The number of nitrogens with one attached hydrogen (secondary N) is 1. The van der Waals surface area contributed by atoms with E-state index in [1.54, 1.807) is 0 Å². The maximum atomic E-state index is 12.4. The molecule has 0 aliphatic carbocycles. The van der Waals surface area contributed by atoms with Crippen molar-refractivity contribution in [3.8, 4) is 0 Å². The molecule has 2 bridgehead atoms. The number of hydrogen-bond acceptors (Lipinski definition) is 2. The van der Waals surface area contributed by atoms with E-state index < -0.39 is 0 Å². The molecule has 2 N–H and O–H groups in total. The summed E-state index contributed by atoms with van der Waals surface area (Å²) >= 11 is 6.00. The van der Waals surface area contributed by atoms with Crippen molar-refractivity contribution in [1.82, 2.24) is 10.2 Å². The summed E-state index contributed by atoms with van der Waals surface area (Å²) in [6.45, 7) is 2.50. The van der Waals surface area contributed by atoms with Crippen molar-refractivity contribution >= 4 is 17.6 Å². The monoisotopic (exact) mass is 308 g/mol. The van der Waals surface area contributed by atoms with Crippen LogP contribution in [-0.4, -0.2) is 34.2 Å². The van der Waals surface area contributed by atoms with Crippen LogP contribution in [0.5, 0.6) is 0 Å². The molecule has 2 heterocycles. The summed E-state index contributed by atoms with van der Waals surface area (Å²) < 4.78 is 0. The van der Waals surface area contributed by atoms with E-state index in [1.165, 1.54) is 0 Å². The quantitative estimate of drug-likeness (QED) is 0.882. The summed E-state index contributed by atoms with van der Waals surface area (Å²) in [5.74, 6) is 0. The lowest BCUT2D eigenvalue weighted by molar-refractivity contribution is 0.0541. The topological polar surface area (TPSA) is 52.6 Å². The number of rotatable bonds is 2. The van der Waals surface area contributed by atoms with E-state index in [-0.39, 0.29) is 24.2 Å². The van der Waals surface area contributed by atoms with Gasteiger partial charge in [0, 0.05) is 23.7 Å². The first kappa shape index (κ1) is 14.7. The third-order valence-electron chi connectivity index (χ3n) is 4.68. The molecule has 0 spiro atoms. The molecule has 1 aromatic rings. The highest BCUT2D eigenvalue weighted by molar-refractivity contribution is 6.30. The van der Waals surface area contributed by atoms with E-state index in [0.29, 0.717) is 24.4 Å². The lowest BCUT2D eigenvalue weighted by Gasteiger charge is -2.37. The molecule has 5 heteroatoms. The summed E-state index contributed by atoms with van der Waals surface area (Å²) in [6, 6.07) is 6.08. The summed E-state index contributed by atoms with van der Waals surface area (Å²) in [5, 5.41) is 13.5. The van der Waals surface area contributed by atoms with Crippen molar-refractivity contribution < 1.29 is 9.90 Å². The highest BCUT2D eigenvalue weighted by Crippen LogP contribution is 2.35. The number of nitrogens with zero attached hydrogens (tertiary/aromatic N) is 1. The molecule has 0 radical (unpaired) electrons. The highest BCUT2D eigenvalue weighted by atomic mass is 35.5. The van der Waals surface area contributed by atoms with Crippen LogP contribution in [0.3, 0.4) is 0 Å². The standard InChI is InChI=1S/C16H21ClN2O2/c1-10-2-3-12(17)6-11(10)9-18-16(21)19-13-4-5-14(19)8-15(20)7-13/h2-3,6,13-15,20H,4-5,7-9H2,1H3,(H,18,21). The maximum Gasteiger partial charge on any atom is 0.318 e. The molecule has 2 fully saturated rings. The molecule has 0 saturated carbocycles. The number of benzene rings is 1. The van der Waals surface area contributed by atoms with Crippen LogP contribution in [-0.2, 0) is 6.54 Å². The van der Waals surface area contributed by atoms with Gasteiger partial charge in [0.25, 0.3) is 0 Å². The Hall–Kier alpha value is -1.26. The van der Waals surface area contributed by atoms with Crippen molar-refractivity contribution in [2.75, 3.05) is 0 Å². The number of hydrogen-bond donors (Lipinski definition) is 2. The lowest BCUT2D eigenvalue weighted by atomic mass is 10.0. The smallest absolute Gasteiger partial charge is 0.318 e. The van der Waals surface area contributed by atoms with Crippen LogP contribution in [0.4, 0.5) is 4.79 Å². The Morgan fingerprint density at radius 3 is 2.71 bits per heavy atom. The normalized spacial score (nSPS) is 27.8. The molecule has 2 unspecified atom stereocenters. The first-order valence-electron chi connectivity index (χ1n) is 7.54. The largest absolute Gasteiger partial charge is 0.393 e. The fourth-order valence-corrected chi connectivity index (χ4v) is 3.77. The van der Waals surface area contributed by atoms with E-state index in [9.17, 15) is 9.90 Å². The Bertz CT molecular complexity index is 535. The van der Waals surface area contributed by atoms with Crippen molar-refractivity contribution in [2.24, 2.45) is 0 Å². The molecule has 0 aromatic heterocycles. The zero-order valence-corrected chi connectivity index (χ0v) is 12.9. The van der Waals surface area contributed by atoms with Gasteiger partial charge in [-0.15, -0.1) is 0 Å². The molecule has 2 saturated heterocycles. The fourth-order valence-electron chi connectivity index (χ4n) is 3.57. The van der Waals surface area contributed by atoms with Gasteiger partial charge in [-0.05, 0) is 55.9 Å². The van der Waals surface area contributed by atoms with E-state index in [1.807, 2.05) is 30.0 Å². The van der Waals surface area contributed by atoms with Gasteiger partial charge in [-0.25, -0.2) is 4.79 Å². The van der Waals surface area contributed by atoms with Crippen LogP contribution in [0.1, 0.15) is 36.8 Å². The molecule has 114 valence electrons. The minimum Gasteiger partial charge on any atom is -0.393 e. The van der Waals surface area contributed by atoms with Gasteiger partial charge >= 0.3 is 6.03 Å². The molecule has 2 atom stereocenters. The Balaban J connectivity index is 1.63. The summed E-state index contributed by atoms with van der Waals surface area (Å²) in [6.07, 6.45) is 3.18. The van der Waals surface area contributed by atoms with Gasteiger partial charge in [0.15, 0.2) is 0 Å².